The van der Waals surface area contributed by atoms with Gasteiger partial charge in [0.15, 0.2) is 0 Å². The molecule has 1 amide bonds. The molecule has 1 aromatic carbocycles. The van der Waals surface area contributed by atoms with Gasteiger partial charge < -0.3 is 11.1 Å². The quantitative estimate of drug-likeness (QED) is 0.877. The van der Waals surface area contributed by atoms with Crippen molar-refractivity contribution in [2.45, 2.75) is 44.6 Å². The van der Waals surface area contributed by atoms with E-state index in [0.717, 1.165) is 24.9 Å². The molecule has 1 saturated carbocycles. The zero-order chi connectivity index (χ0) is 17.3. The maximum atomic E-state index is 12.8. The van der Waals surface area contributed by atoms with Gasteiger partial charge in [-0.05, 0) is 31.9 Å². The van der Waals surface area contributed by atoms with Gasteiger partial charge in [0.2, 0.25) is 5.91 Å². The van der Waals surface area contributed by atoms with Crippen molar-refractivity contribution in [3.8, 4) is 5.69 Å². The van der Waals surface area contributed by atoms with Crippen LogP contribution in [0.25, 0.3) is 5.69 Å². The molecule has 1 fully saturated rings. The molecule has 0 radical (unpaired) electrons. The van der Waals surface area contributed by atoms with Crippen LogP contribution in [-0.4, -0.2) is 20.8 Å². The van der Waals surface area contributed by atoms with Crippen molar-refractivity contribution in [2.24, 2.45) is 12.8 Å². The second kappa shape index (κ2) is 7.45. The maximum absolute atomic E-state index is 12.8. The first-order chi connectivity index (χ1) is 11.4. The molecule has 0 aliphatic heterocycles. The Balaban J connectivity index is 0.00000225. The second-order valence-electron chi connectivity index (χ2n) is 6.61. The summed E-state index contributed by atoms with van der Waals surface area (Å²) in [5.41, 5.74) is 6.94. The highest BCUT2D eigenvalue weighted by Gasteiger charge is 2.36. The van der Waals surface area contributed by atoms with E-state index in [4.69, 9.17) is 5.73 Å². The van der Waals surface area contributed by atoms with Crippen LogP contribution in [0.2, 0.25) is 0 Å². The smallest absolute Gasteiger partial charge is 0.295 e. The highest BCUT2D eigenvalue weighted by atomic mass is 35.5. The Labute approximate surface area is 153 Å². The molecule has 0 saturated heterocycles. The van der Waals surface area contributed by atoms with Crippen molar-refractivity contribution in [3.05, 3.63) is 46.4 Å². The average Bonchev–Trinajstić information content (AvgIpc) is 2.80. The lowest BCUT2D eigenvalue weighted by Crippen LogP contribution is -2.52. The average molecular weight is 365 g/mol. The monoisotopic (exact) mass is 364 g/mol. The Hall–Kier alpha value is -2.05. The van der Waals surface area contributed by atoms with Crippen molar-refractivity contribution in [3.63, 3.8) is 0 Å². The molecule has 1 aliphatic rings. The summed E-state index contributed by atoms with van der Waals surface area (Å²) in [5.74, 6) is -0.256. The van der Waals surface area contributed by atoms with Gasteiger partial charge >= 0.3 is 0 Å². The minimum absolute atomic E-state index is 0. The van der Waals surface area contributed by atoms with E-state index in [2.05, 4.69) is 5.32 Å². The van der Waals surface area contributed by atoms with Gasteiger partial charge in [-0.25, -0.2) is 4.68 Å². The molecule has 25 heavy (non-hydrogen) atoms. The molecule has 0 atom stereocenters. The van der Waals surface area contributed by atoms with Gasteiger partial charge in [0, 0.05) is 7.05 Å². The largest absolute Gasteiger partial charge is 0.318 e. The molecule has 3 N–H and O–H groups in total. The van der Waals surface area contributed by atoms with Crippen LogP contribution >= 0.6 is 12.4 Å². The number of carbonyl (C=O) groups excluding carboxylic acids is 1. The number of hydrogen-bond acceptors (Lipinski definition) is 3. The number of nitrogens with one attached hydrogen (secondary N) is 1. The SMILES string of the molecule is Cc1c(NC(=O)C2(N)CCCCC2)c(=O)n(-c2ccccc2)n1C.Cl. The van der Waals surface area contributed by atoms with E-state index in [-0.39, 0.29) is 23.9 Å². The Morgan fingerprint density at radius 1 is 1.16 bits per heavy atom. The van der Waals surface area contributed by atoms with Crippen LogP contribution in [0.5, 0.6) is 0 Å². The van der Waals surface area contributed by atoms with Crippen LogP contribution in [0.1, 0.15) is 37.8 Å². The number of rotatable bonds is 3. The lowest BCUT2D eigenvalue weighted by molar-refractivity contribution is -0.122. The van der Waals surface area contributed by atoms with Crippen molar-refractivity contribution in [2.75, 3.05) is 5.32 Å². The fourth-order valence-corrected chi connectivity index (χ4v) is 3.36. The Morgan fingerprint density at radius 2 is 1.76 bits per heavy atom. The number of nitrogens with two attached hydrogens (primary N) is 1. The Morgan fingerprint density at radius 3 is 2.36 bits per heavy atom. The summed E-state index contributed by atoms with van der Waals surface area (Å²) in [6.45, 7) is 1.82. The first kappa shape index (κ1) is 19.3. The number of aromatic nitrogens is 2. The van der Waals surface area contributed by atoms with Crippen molar-refractivity contribution in [1.82, 2.24) is 9.36 Å². The number of benzene rings is 1. The topological polar surface area (TPSA) is 82.1 Å². The van der Waals surface area contributed by atoms with Crippen molar-refractivity contribution >= 4 is 24.0 Å². The zero-order valence-electron chi connectivity index (χ0n) is 14.6. The van der Waals surface area contributed by atoms with E-state index in [1.54, 1.807) is 16.4 Å². The lowest BCUT2D eigenvalue weighted by atomic mass is 9.82. The molecule has 0 spiro atoms. The van der Waals surface area contributed by atoms with Gasteiger partial charge in [-0.15, -0.1) is 12.4 Å². The highest BCUT2D eigenvalue weighted by Crippen LogP contribution is 2.27. The number of para-hydroxylation sites is 1. The van der Waals surface area contributed by atoms with Crippen LogP contribution in [-0.2, 0) is 11.8 Å². The van der Waals surface area contributed by atoms with Gasteiger partial charge in [0.25, 0.3) is 5.56 Å². The maximum Gasteiger partial charge on any atom is 0.295 e. The number of hydrogen-bond donors (Lipinski definition) is 2. The minimum atomic E-state index is -0.870. The molecule has 1 heterocycles. The molecule has 7 heteroatoms. The lowest BCUT2D eigenvalue weighted by Gasteiger charge is -2.31. The molecule has 3 rings (SSSR count). The van der Waals surface area contributed by atoms with Crippen molar-refractivity contribution < 1.29 is 4.79 Å². The van der Waals surface area contributed by atoms with Gasteiger partial charge in [-0.2, -0.15) is 0 Å². The fourth-order valence-electron chi connectivity index (χ4n) is 3.36. The van der Waals surface area contributed by atoms with Gasteiger partial charge in [0.1, 0.15) is 5.69 Å². The summed E-state index contributed by atoms with van der Waals surface area (Å²) in [5, 5.41) is 2.80. The molecule has 1 aromatic heterocycles. The fraction of sp³-hybridized carbons (Fsp3) is 0.444. The molecule has 1 aliphatic carbocycles. The Bertz CT molecular complexity index is 804. The first-order valence-corrected chi connectivity index (χ1v) is 8.38. The van der Waals surface area contributed by atoms with E-state index in [1.807, 2.05) is 37.3 Å². The molecule has 0 bridgehead atoms. The van der Waals surface area contributed by atoms with Crippen LogP contribution < -0.4 is 16.6 Å². The normalized spacial score (nSPS) is 16.1. The minimum Gasteiger partial charge on any atom is -0.318 e. The molecule has 0 unspecified atom stereocenters. The Kier molecular flexibility index (Phi) is 5.75. The zero-order valence-corrected chi connectivity index (χ0v) is 15.4. The van der Waals surface area contributed by atoms with Gasteiger partial charge in [-0.1, -0.05) is 37.5 Å². The highest BCUT2D eigenvalue weighted by molar-refractivity contribution is 5.98. The van der Waals surface area contributed by atoms with Crippen LogP contribution in [0.4, 0.5) is 5.69 Å². The number of halogens is 1. The summed E-state index contributed by atoms with van der Waals surface area (Å²) in [4.78, 5) is 25.5. The van der Waals surface area contributed by atoms with E-state index < -0.39 is 5.54 Å². The van der Waals surface area contributed by atoms with Crippen LogP contribution in [0, 0.1) is 6.92 Å². The second-order valence-corrected chi connectivity index (χ2v) is 6.61. The number of nitrogens with zero attached hydrogens (tertiary/aromatic N) is 2. The summed E-state index contributed by atoms with van der Waals surface area (Å²) in [6.07, 6.45) is 4.34. The van der Waals surface area contributed by atoms with Gasteiger partial charge in [0.05, 0.1) is 16.9 Å². The number of carbonyl (C=O) groups is 1. The molecule has 2 aromatic rings. The van der Waals surface area contributed by atoms with E-state index in [1.165, 1.54) is 0 Å². The van der Waals surface area contributed by atoms with E-state index >= 15 is 0 Å². The summed E-state index contributed by atoms with van der Waals surface area (Å²) < 4.78 is 3.30. The predicted octanol–water partition coefficient (Wildman–Crippen LogP) is 2.51. The van der Waals surface area contributed by atoms with Crippen LogP contribution in [0.3, 0.4) is 0 Å². The van der Waals surface area contributed by atoms with E-state index in [9.17, 15) is 9.59 Å². The van der Waals surface area contributed by atoms with E-state index in [0.29, 0.717) is 24.2 Å². The molecule has 136 valence electrons. The third kappa shape index (κ3) is 3.50. The first-order valence-electron chi connectivity index (χ1n) is 8.38. The standard InChI is InChI=1S/C18H24N4O2.ClH/c1-13-15(20-17(24)18(19)11-7-4-8-12-18)16(23)22(21(13)2)14-9-5-3-6-10-14;/h3,5-6,9-10H,4,7-8,11-12,19H2,1-2H3,(H,20,24);1H. The number of amides is 1. The molecule has 6 nitrogen and oxygen atoms in total. The van der Waals surface area contributed by atoms with Crippen molar-refractivity contribution in [1.29, 1.82) is 0 Å². The van der Waals surface area contributed by atoms with Crippen LogP contribution in [0.15, 0.2) is 35.1 Å². The third-order valence-electron chi connectivity index (χ3n) is 4.99. The molecular formula is C18H25ClN4O2. The summed E-state index contributed by atoms with van der Waals surface area (Å²) in [7, 11) is 1.80. The predicted molar refractivity (Wildman–Crippen MR) is 102 cm³/mol. The summed E-state index contributed by atoms with van der Waals surface area (Å²) in [6, 6.07) is 9.36. The number of anilines is 1. The summed E-state index contributed by atoms with van der Waals surface area (Å²) >= 11 is 0. The van der Waals surface area contributed by atoms with Gasteiger partial charge in [-0.3, -0.25) is 14.3 Å². The molecular weight excluding hydrogens is 340 g/mol. The third-order valence-corrected chi connectivity index (χ3v) is 4.99.